The Hall–Kier alpha value is -0.330. The van der Waals surface area contributed by atoms with Crippen LogP contribution in [0, 0.1) is 11.5 Å². The Morgan fingerprint density at radius 3 is 1.92 bits per heavy atom. The number of nitrogens with one attached hydrogen (secondary N) is 1. The summed E-state index contributed by atoms with van der Waals surface area (Å²) in [6, 6.07) is 1.41. The maximum atomic E-state index is 8.39. The van der Waals surface area contributed by atoms with E-state index in [4.69, 9.17) is 51.7 Å². The number of nitrogens with zero attached hydrogens (tertiary/aromatic N) is 1. The first kappa shape index (κ1) is 10.7. The summed E-state index contributed by atoms with van der Waals surface area (Å²) in [4.78, 5) is 0. The molecule has 68 valence electrons. The number of hydrogen-bond donors (Lipinski definition) is 1. The molecule has 0 atom stereocenters. The lowest BCUT2D eigenvalue weighted by Gasteiger charge is -2.07. The highest BCUT2D eigenvalue weighted by atomic mass is 35.5. The molecule has 1 aromatic rings. The predicted octanol–water partition coefficient (Wildman–Crippen LogP) is 4.19. The summed E-state index contributed by atoms with van der Waals surface area (Å²) >= 11 is 22.9. The van der Waals surface area contributed by atoms with Crippen molar-refractivity contribution in [1.82, 2.24) is 0 Å². The fourth-order valence-corrected chi connectivity index (χ4v) is 1.64. The van der Waals surface area contributed by atoms with Crippen molar-refractivity contribution in [1.29, 1.82) is 5.26 Å². The minimum absolute atomic E-state index is 0.178. The number of benzene rings is 1. The molecule has 0 fully saturated rings. The summed E-state index contributed by atoms with van der Waals surface area (Å²) in [7, 11) is 0. The van der Waals surface area contributed by atoms with Gasteiger partial charge >= 0.3 is 0 Å². The summed E-state index contributed by atoms with van der Waals surface area (Å²) in [6.45, 7) is 0. The molecule has 1 rings (SSSR count). The molecule has 0 heterocycles. The summed E-state index contributed by atoms with van der Waals surface area (Å²) < 4.78 is 0. The van der Waals surface area contributed by atoms with Crippen LogP contribution < -0.4 is 5.32 Å². The van der Waals surface area contributed by atoms with Gasteiger partial charge in [0.25, 0.3) is 0 Å². The van der Waals surface area contributed by atoms with Crippen molar-refractivity contribution in [2.45, 2.75) is 0 Å². The van der Waals surface area contributed by atoms with Crippen LogP contribution in [0.2, 0.25) is 20.1 Å². The van der Waals surface area contributed by atoms with Crippen molar-refractivity contribution in [3.05, 3.63) is 26.2 Å². The van der Waals surface area contributed by atoms with E-state index in [1.807, 2.05) is 0 Å². The van der Waals surface area contributed by atoms with Crippen molar-refractivity contribution in [3.63, 3.8) is 0 Å². The van der Waals surface area contributed by atoms with Gasteiger partial charge in [-0.15, -0.1) is 0 Å². The summed E-state index contributed by atoms with van der Waals surface area (Å²) in [5.41, 5.74) is 0.225. The molecule has 0 aliphatic heterocycles. The molecule has 0 amide bonds. The molecule has 0 radical (unpaired) electrons. The number of anilines is 1. The Labute approximate surface area is 95.0 Å². The first-order chi connectivity index (χ1) is 6.07. The van der Waals surface area contributed by atoms with E-state index in [0.717, 1.165) is 0 Å². The smallest absolute Gasteiger partial charge is 0.181 e. The van der Waals surface area contributed by atoms with E-state index >= 15 is 0 Å². The van der Waals surface area contributed by atoms with E-state index < -0.39 is 0 Å². The van der Waals surface area contributed by atoms with Gasteiger partial charge in [0.2, 0.25) is 0 Å². The first-order valence-electron chi connectivity index (χ1n) is 3.06. The zero-order valence-corrected chi connectivity index (χ0v) is 9.06. The molecule has 2 nitrogen and oxygen atoms in total. The lowest BCUT2D eigenvalue weighted by atomic mass is 10.3. The highest BCUT2D eigenvalue weighted by molar-refractivity contribution is 6.50. The first-order valence-corrected chi connectivity index (χ1v) is 4.57. The fraction of sp³-hybridized carbons (Fsp3) is 0. The largest absolute Gasteiger partial charge is 0.290 e. The lowest BCUT2D eigenvalue weighted by Crippen LogP contribution is -1.91. The van der Waals surface area contributed by atoms with Crippen molar-refractivity contribution >= 4 is 52.1 Å². The van der Waals surface area contributed by atoms with Crippen LogP contribution in [0.5, 0.6) is 0 Å². The van der Waals surface area contributed by atoms with Gasteiger partial charge in [-0.1, -0.05) is 46.4 Å². The standard InChI is InChI=1S/C7H2Cl4N2/c8-3-1-4(9)6(11)7(5(3)10)13-2-12/h1,13H. The molecular formula is C7H2Cl4N2. The van der Waals surface area contributed by atoms with Crippen molar-refractivity contribution in [2.24, 2.45) is 0 Å². The third-order valence-electron chi connectivity index (χ3n) is 1.29. The average Bonchev–Trinajstić information content (AvgIpc) is 2.09. The number of nitriles is 1. The van der Waals surface area contributed by atoms with Crippen LogP contribution in [0.4, 0.5) is 5.69 Å². The van der Waals surface area contributed by atoms with Crippen LogP contribution in [0.15, 0.2) is 6.07 Å². The number of rotatable bonds is 1. The van der Waals surface area contributed by atoms with E-state index in [2.05, 4.69) is 5.32 Å². The van der Waals surface area contributed by atoms with Crippen LogP contribution >= 0.6 is 46.4 Å². The van der Waals surface area contributed by atoms with Crippen LogP contribution in [0.25, 0.3) is 0 Å². The highest BCUT2D eigenvalue weighted by Gasteiger charge is 2.12. The van der Waals surface area contributed by atoms with E-state index in [-0.39, 0.29) is 25.8 Å². The average molecular weight is 256 g/mol. The zero-order chi connectivity index (χ0) is 10.0. The second-order valence-electron chi connectivity index (χ2n) is 2.08. The topological polar surface area (TPSA) is 35.8 Å². The third-order valence-corrected chi connectivity index (χ3v) is 2.87. The molecular weight excluding hydrogens is 254 g/mol. The maximum Gasteiger partial charge on any atom is 0.181 e. The van der Waals surface area contributed by atoms with E-state index in [9.17, 15) is 0 Å². The van der Waals surface area contributed by atoms with Crippen LogP contribution in [-0.4, -0.2) is 0 Å². The lowest BCUT2D eigenvalue weighted by molar-refractivity contribution is 1.47. The Morgan fingerprint density at radius 1 is 1.08 bits per heavy atom. The van der Waals surface area contributed by atoms with Crippen molar-refractivity contribution in [2.75, 3.05) is 5.32 Å². The van der Waals surface area contributed by atoms with Gasteiger partial charge in [0.15, 0.2) is 6.19 Å². The molecule has 0 saturated heterocycles. The van der Waals surface area contributed by atoms with E-state index in [0.29, 0.717) is 0 Å². The van der Waals surface area contributed by atoms with E-state index in [1.54, 1.807) is 6.19 Å². The summed E-state index contributed by atoms with van der Waals surface area (Å²) in [5, 5.41) is 11.5. The molecule has 0 bridgehead atoms. The van der Waals surface area contributed by atoms with Crippen molar-refractivity contribution in [3.8, 4) is 6.19 Å². The zero-order valence-electron chi connectivity index (χ0n) is 6.04. The van der Waals surface area contributed by atoms with Gasteiger partial charge < -0.3 is 0 Å². The molecule has 6 heteroatoms. The van der Waals surface area contributed by atoms with Gasteiger partial charge in [-0.05, 0) is 6.07 Å². The molecule has 1 N–H and O–H groups in total. The molecule has 0 unspecified atom stereocenters. The van der Waals surface area contributed by atoms with Gasteiger partial charge in [0.05, 0.1) is 25.8 Å². The van der Waals surface area contributed by atoms with Gasteiger partial charge in [0, 0.05) is 0 Å². The summed E-state index contributed by atoms with van der Waals surface area (Å²) in [5.74, 6) is 0. The van der Waals surface area contributed by atoms with Crippen LogP contribution in [0.3, 0.4) is 0 Å². The Kier molecular flexibility index (Phi) is 3.52. The Morgan fingerprint density at radius 2 is 1.54 bits per heavy atom. The van der Waals surface area contributed by atoms with Crippen LogP contribution in [0.1, 0.15) is 0 Å². The molecule has 0 aliphatic rings. The quantitative estimate of drug-likeness (QED) is 0.464. The second kappa shape index (κ2) is 4.26. The predicted molar refractivity (Wildman–Crippen MR) is 55.7 cm³/mol. The number of halogens is 4. The minimum Gasteiger partial charge on any atom is -0.290 e. The Bertz CT molecular complexity index is 357. The van der Waals surface area contributed by atoms with Gasteiger partial charge in [-0.25, -0.2) is 0 Å². The SMILES string of the molecule is N#CNc1c(Cl)c(Cl)cc(Cl)c1Cl. The van der Waals surface area contributed by atoms with Gasteiger partial charge in [0.1, 0.15) is 0 Å². The Balaban J connectivity index is 3.39. The van der Waals surface area contributed by atoms with E-state index in [1.165, 1.54) is 6.07 Å². The van der Waals surface area contributed by atoms with Crippen LogP contribution in [-0.2, 0) is 0 Å². The van der Waals surface area contributed by atoms with Crippen molar-refractivity contribution < 1.29 is 0 Å². The second-order valence-corrected chi connectivity index (χ2v) is 3.65. The molecule has 1 aromatic carbocycles. The molecule has 13 heavy (non-hydrogen) atoms. The van der Waals surface area contributed by atoms with Gasteiger partial charge in [-0.2, -0.15) is 5.26 Å². The molecule has 0 spiro atoms. The minimum atomic E-state index is 0.178. The monoisotopic (exact) mass is 254 g/mol. The molecule has 0 aromatic heterocycles. The molecule has 0 aliphatic carbocycles. The normalized spacial score (nSPS) is 9.46. The number of hydrogen-bond acceptors (Lipinski definition) is 2. The van der Waals surface area contributed by atoms with Gasteiger partial charge in [-0.3, -0.25) is 5.32 Å². The fourth-order valence-electron chi connectivity index (χ4n) is 0.739. The summed E-state index contributed by atoms with van der Waals surface area (Å²) in [6.07, 6.45) is 1.68. The maximum absolute atomic E-state index is 8.39. The highest BCUT2D eigenvalue weighted by Crippen LogP contribution is 2.40. The molecule has 0 saturated carbocycles. The third kappa shape index (κ3) is 2.12.